The zero-order valence-corrected chi connectivity index (χ0v) is 16.5. The highest BCUT2D eigenvalue weighted by Gasteiger charge is 2.39. The number of alkyl halides is 3. The average molecular weight is 412 g/mol. The molecule has 2 aromatic rings. The van der Waals surface area contributed by atoms with E-state index >= 15 is 0 Å². The molecule has 2 heterocycles. The fourth-order valence-electron chi connectivity index (χ4n) is 2.80. The van der Waals surface area contributed by atoms with Gasteiger partial charge in [-0.1, -0.05) is 26.0 Å². The van der Waals surface area contributed by atoms with Crippen LogP contribution in [0.5, 0.6) is 5.75 Å². The number of ether oxygens (including phenoxy) is 1. The predicted molar refractivity (Wildman–Crippen MR) is 96.2 cm³/mol. The number of nitrogens with one attached hydrogen (secondary N) is 2. The summed E-state index contributed by atoms with van der Waals surface area (Å²) in [6.45, 7) is 6.59. The van der Waals surface area contributed by atoms with Gasteiger partial charge in [-0.2, -0.15) is 18.4 Å². The van der Waals surface area contributed by atoms with E-state index in [2.05, 4.69) is 30.9 Å². The largest absolute Gasteiger partial charge is 0.481 e. The molecule has 0 radical (unpaired) electrons. The third-order valence-corrected chi connectivity index (χ3v) is 4.67. The number of hydrogen-bond acceptors (Lipinski definition) is 6. The molecule has 0 unspecified atom stereocenters. The number of halogens is 3. The Morgan fingerprint density at radius 1 is 1.31 bits per heavy atom. The van der Waals surface area contributed by atoms with E-state index in [0.717, 1.165) is 19.8 Å². The summed E-state index contributed by atoms with van der Waals surface area (Å²) < 4.78 is 44.0. The molecule has 1 amide bonds. The topological polar surface area (TPSA) is 106 Å². The number of carbonyl (C=O) groups excluding carboxylic acids is 1. The van der Waals surface area contributed by atoms with E-state index in [1.807, 2.05) is 20.8 Å². The second kappa shape index (κ2) is 7.60. The van der Waals surface area contributed by atoms with Crippen LogP contribution in [0.25, 0.3) is 0 Å². The summed E-state index contributed by atoms with van der Waals surface area (Å²) in [7, 11) is 0. The average Bonchev–Trinajstić information content (AvgIpc) is 3.32. The van der Waals surface area contributed by atoms with Crippen molar-refractivity contribution in [1.82, 2.24) is 30.9 Å². The molecule has 158 valence electrons. The van der Waals surface area contributed by atoms with Gasteiger partial charge in [0.05, 0.1) is 6.04 Å². The minimum Gasteiger partial charge on any atom is -0.481 e. The molecule has 0 aromatic carbocycles. The molecule has 3 rings (SSSR count). The maximum absolute atomic E-state index is 13.0. The molecule has 1 aliphatic rings. The van der Waals surface area contributed by atoms with Gasteiger partial charge in [0.25, 0.3) is 5.91 Å². The number of aromatic nitrogens is 5. The lowest BCUT2D eigenvalue weighted by atomic mass is 9.86. The first-order chi connectivity index (χ1) is 13.5. The zero-order valence-electron chi connectivity index (χ0n) is 16.5. The van der Waals surface area contributed by atoms with E-state index in [1.54, 1.807) is 0 Å². The number of H-pyrrole nitrogens is 1. The highest BCUT2D eigenvalue weighted by atomic mass is 19.4. The number of tetrazole rings is 1. The van der Waals surface area contributed by atoms with E-state index in [9.17, 15) is 18.0 Å². The van der Waals surface area contributed by atoms with E-state index in [1.165, 1.54) is 12.3 Å². The summed E-state index contributed by atoms with van der Waals surface area (Å²) in [6.07, 6.45) is -3.38. The third-order valence-electron chi connectivity index (χ3n) is 4.67. The van der Waals surface area contributed by atoms with Gasteiger partial charge in [-0.3, -0.25) is 9.78 Å². The number of carbonyl (C=O) groups is 1. The van der Waals surface area contributed by atoms with Gasteiger partial charge in [-0.15, -0.1) is 10.2 Å². The molecule has 2 atom stereocenters. The molecule has 1 saturated carbocycles. The van der Waals surface area contributed by atoms with Gasteiger partial charge >= 0.3 is 6.18 Å². The van der Waals surface area contributed by atoms with Crippen LogP contribution in [0.1, 0.15) is 74.4 Å². The fourth-order valence-corrected chi connectivity index (χ4v) is 2.80. The lowest BCUT2D eigenvalue weighted by Gasteiger charge is -2.28. The van der Waals surface area contributed by atoms with Gasteiger partial charge in [0.15, 0.2) is 11.9 Å². The molecule has 2 N–H and O–H groups in total. The number of hydrogen-bond donors (Lipinski definition) is 2. The van der Waals surface area contributed by atoms with Crippen LogP contribution >= 0.6 is 0 Å². The summed E-state index contributed by atoms with van der Waals surface area (Å²) in [5, 5.41) is 16.5. The molecule has 0 aliphatic heterocycles. The van der Waals surface area contributed by atoms with Gasteiger partial charge in [-0.25, -0.2) is 0 Å². The van der Waals surface area contributed by atoms with Crippen LogP contribution in [0.15, 0.2) is 12.3 Å². The summed E-state index contributed by atoms with van der Waals surface area (Å²) in [5.41, 5.74) is 0.0946. The second-order valence-electron chi connectivity index (χ2n) is 8.23. The van der Waals surface area contributed by atoms with Crippen molar-refractivity contribution in [2.24, 2.45) is 5.41 Å². The first kappa shape index (κ1) is 21.0. The lowest BCUT2D eigenvalue weighted by Crippen LogP contribution is -2.38. The number of pyridine rings is 1. The molecule has 0 saturated heterocycles. The molecule has 0 spiro atoms. The van der Waals surface area contributed by atoms with E-state index in [-0.39, 0.29) is 17.4 Å². The van der Waals surface area contributed by atoms with Crippen molar-refractivity contribution in [2.75, 3.05) is 0 Å². The number of aromatic amines is 1. The maximum Gasteiger partial charge on any atom is 0.425 e. The van der Waals surface area contributed by atoms with Gasteiger partial charge in [0, 0.05) is 17.8 Å². The van der Waals surface area contributed by atoms with Crippen molar-refractivity contribution in [3.05, 3.63) is 29.3 Å². The van der Waals surface area contributed by atoms with Crippen LogP contribution < -0.4 is 10.1 Å². The molecule has 1 aliphatic carbocycles. The Bertz CT molecular complexity index is 859. The molecule has 2 aromatic heterocycles. The second-order valence-corrected chi connectivity index (χ2v) is 8.23. The molecule has 1 fully saturated rings. The van der Waals surface area contributed by atoms with Crippen LogP contribution in [0.3, 0.4) is 0 Å². The summed E-state index contributed by atoms with van der Waals surface area (Å²) in [6, 6.07) is 0.679. The molecule has 8 nitrogen and oxygen atoms in total. The Balaban J connectivity index is 1.86. The summed E-state index contributed by atoms with van der Waals surface area (Å²) >= 11 is 0. The van der Waals surface area contributed by atoms with Gasteiger partial charge in [0.1, 0.15) is 11.4 Å². The quantitative estimate of drug-likeness (QED) is 0.754. The smallest absolute Gasteiger partial charge is 0.425 e. The Kier molecular flexibility index (Phi) is 5.50. The Morgan fingerprint density at radius 3 is 2.52 bits per heavy atom. The minimum absolute atomic E-state index is 0.0318. The van der Waals surface area contributed by atoms with Crippen LogP contribution in [-0.2, 0) is 0 Å². The van der Waals surface area contributed by atoms with Crippen LogP contribution in [0, 0.1) is 5.41 Å². The van der Waals surface area contributed by atoms with Gasteiger partial charge < -0.3 is 10.1 Å². The Labute approximate surface area is 165 Å². The summed E-state index contributed by atoms with van der Waals surface area (Å²) in [4.78, 5) is 16.9. The first-order valence-corrected chi connectivity index (χ1v) is 9.24. The minimum atomic E-state index is -4.51. The zero-order chi connectivity index (χ0) is 21.4. The number of nitrogens with zero attached hydrogens (tertiary/aromatic N) is 4. The Morgan fingerprint density at radius 2 is 2.00 bits per heavy atom. The van der Waals surface area contributed by atoms with Gasteiger partial charge in [0.2, 0.25) is 0 Å². The number of rotatable bonds is 6. The van der Waals surface area contributed by atoms with Crippen molar-refractivity contribution < 1.29 is 22.7 Å². The number of amides is 1. The SMILES string of the molecule is C[C@H](Oc1cc(C(=O)N[C@H](c2nn[nH]n2)C(C)(C)C)ncc1C1CC1)C(F)(F)F. The fraction of sp³-hybridized carbons (Fsp3) is 0.611. The van der Waals surface area contributed by atoms with Crippen molar-refractivity contribution in [2.45, 2.75) is 64.8 Å². The van der Waals surface area contributed by atoms with E-state index in [0.29, 0.717) is 11.4 Å². The highest BCUT2D eigenvalue weighted by Crippen LogP contribution is 2.45. The standard InChI is InChI=1S/C18H23F3N6O2/c1-9(18(19,20)21)29-13-7-12(22-8-11(13)10-5-6-10)16(28)23-14(17(2,3)4)15-24-26-27-25-15/h7-10,14H,5-6H2,1-4H3,(H,23,28)(H,24,25,26,27)/t9-,14+/m0/s1. The van der Waals surface area contributed by atoms with Crippen LogP contribution in [0.4, 0.5) is 13.2 Å². The molecule has 29 heavy (non-hydrogen) atoms. The van der Waals surface area contributed by atoms with Gasteiger partial charge in [-0.05, 0) is 31.1 Å². The van der Waals surface area contributed by atoms with E-state index in [4.69, 9.17) is 4.74 Å². The van der Waals surface area contributed by atoms with Crippen molar-refractivity contribution in [3.8, 4) is 5.75 Å². The molecule has 0 bridgehead atoms. The normalized spacial score (nSPS) is 16.9. The monoisotopic (exact) mass is 412 g/mol. The van der Waals surface area contributed by atoms with E-state index < -0.39 is 29.6 Å². The first-order valence-electron chi connectivity index (χ1n) is 9.24. The highest BCUT2D eigenvalue weighted by molar-refractivity contribution is 5.93. The van der Waals surface area contributed by atoms with Crippen molar-refractivity contribution in [1.29, 1.82) is 0 Å². The molecule has 11 heteroatoms. The predicted octanol–water partition coefficient (Wildman–Crippen LogP) is 3.32. The summed E-state index contributed by atoms with van der Waals surface area (Å²) in [5.74, 6) is -0.134. The van der Waals surface area contributed by atoms with Crippen LogP contribution in [-0.4, -0.2) is 43.8 Å². The molecular weight excluding hydrogens is 389 g/mol. The maximum atomic E-state index is 13.0. The van der Waals surface area contributed by atoms with Crippen molar-refractivity contribution >= 4 is 5.91 Å². The molecular formula is C18H23F3N6O2. The third kappa shape index (κ3) is 5.01. The van der Waals surface area contributed by atoms with Crippen LogP contribution in [0.2, 0.25) is 0 Å². The lowest BCUT2D eigenvalue weighted by molar-refractivity contribution is -0.189. The Hall–Kier alpha value is -2.72. The van der Waals surface area contributed by atoms with Crippen molar-refractivity contribution in [3.63, 3.8) is 0 Å².